The Bertz CT molecular complexity index is 796. The largest absolute Gasteiger partial charge is 0.497 e. The molecule has 21 heavy (non-hydrogen) atoms. The summed E-state index contributed by atoms with van der Waals surface area (Å²) in [6, 6.07) is 12.1. The highest BCUT2D eigenvalue weighted by molar-refractivity contribution is 6.30. The molecular weight excluding hydrogens is 290 g/mol. The average Bonchev–Trinajstić information content (AvgIpc) is 2.90. The summed E-state index contributed by atoms with van der Waals surface area (Å²) in [7, 11) is 1.59. The third-order valence-corrected chi connectivity index (χ3v) is 3.36. The van der Waals surface area contributed by atoms with E-state index >= 15 is 0 Å². The van der Waals surface area contributed by atoms with Gasteiger partial charge in [-0.05, 0) is 42.5 Å². The number of halogens is 1. The predicted molar refractivity (Wildman–Crippen MR) is 82.1 cm³/mol. The zero-order valence-electron chi connectivity index (χ0n) is 11.2. The highest BCUT2D eigenvalue weighted by Crippen LogP contribution is 2.25. The van der Waals surface area contributed by atoms with Crippen LogP contribution in [0.5, 0.6) is 5.75 Å². The van der Waals surface area contributed by atoms with Gasteiger partial charge in [0, 0.05) is 16.0 Å². The quantitative estimate of drug-likeness (QED) is 0.778. The zero-order valence-corrected chi connectivity index (χ0v) is 11.9. The standard InChI is InChI=1S/C15H12ClN3O2/c1-21-11-6-7-13-12(8-11)14(19-18-13)17-15(20)9-2-4-10(16)5-3-9/h2-8H,1H3,(H2,17,18,19,20). The summed E-state index contributed by atoms with van der Waals surface area (Å²) < 4.78 is 5.18. The fourth-order valence-electron chi connectivity index (χ4n) is 2.00. The number of hydrogen-bond acceptors (Lipinski definition) is 3. The second-order valence-corrected chi connectivity index (χ2v) is 4.88. The minimum absolute atomic E-state index is 0.247. The van der Waals surface area contributed by atoms with Gasteiger partial charge >= 0.3 is 0 Å². The highest BCUT2D eigenvalue weighted by atomic mass is 35.5. The summed E-state index contributed by atoms with van der Waals surface area (Å²) in [6.45, 7) is 0. The van der Waals surface area contributed by atoms with E-state index in [9.17, 15) is 4.79 Å². The molecule has 0 atom stereocenters. The molecule has 0 saturated heterocycles. The number of nitrogens with one attached hydrogen (secondary N) is 2. The van der Waals surface area contributed by atoms with Gasteiger partial charge in [-0.15, -0.1) is 0 Å². The Kier molecular flexibility index (Phi) is 3.50. The molecule has 0 bridgehead atoms. The monoisotopic (exact) mass is 301 g/mol. The zero-order chi connectivity index (χ0) is 14.8. The number of ether oxygens (including phenoxy) is 1. The summed E-state index contributed by atoms with van der Waals surface area (Å²) in [5, 5.41) is 11.1. The van der Waals surface area contributed by atoms with Crippen LogP contribution in [0.3, 0.4) is 0 Å². The Balaban J connectivity index is 1.90. The van der Waals surface area contributed by atoms with E-state index < -0.39 is 0 Å². The van der Waals surface area contributed by atoms with Gasteiger partial charge in [0.2, 0.25) is 0 Å². The second kappa shape index (κ2) is 5.46. The SMILES string of the molecule is COc1ccc2[nH]nc(NC(=O)c3ccc(Cl)cc3)c2c1. The molecule has 0 spiro atoms. The van der Waals surface area contributed by atoms with Crippen molar-refractivity contribution in [1.82, 2.24) is 10.2 Å². The molecule has 106 valence electrons. The molecule has 0 aliphatic carbocycles. The topological polar surface area (TPSA) is 67.0 Å². The lowest BCUT2D eigenvalue weighted by molar-refractivity contribution is 0.102. The Hall–Kier alpha value is -2.53. The van der Waals surface area contributed by atoms with Crippen LogP contribution in [-0.2, 0) is 0 Å². The van der Waals surface area contributed by atoms with Crippen LogP contribution >= 0.6 is 11.6 Å². The van der Waals surface area contributed by atoms with Gasteiger partial charge in [0.1, 0.15) is 5.75 Å². The van der Waals surface area contributed by atoms with Gasteiger partial charge in [-0.25, -0.2) is 0 Å². The number of H-pyrrole nitrogens is 1. The van der Waals surface area contributed by atoms with Gasteiger partial charge in [0.15, 0.2) is 5.82 Å². The number of aromatic nitrogens is 2. The van der Waals surface area contributed by atoms with E-state index in [4.69, 9.17) is 16.3 Å². The fourth-order valence-corrected chi connectivity index (χ4v) is 2.12. The van der Waals surface area contributed by atoms with Crippen LogP contribution in [0.2, 0.25) is 5.02 Å². The first kappa shape index (κ1) is 13.5. The molecule has 1 heterocycles. The molecule has 2 aromatic carbocycles. The highest BCUT2D eigenvalue weighted by Gasteiger charge is 2.11. The summed E-state index contributed by atoms with van der Waals surface area (Å²) in [5.74, 6) is 0.914. The van der Waals surface area contributed by atoms with Gasteiger partial charge < -0.3 is 10.1 Å². The molecule has 6 heteroatoms. The van der Waals surface area contributed by atoms with Crippen molar-refractivity contribution in [3.8, 4) is 5.75 Å². The maximum Gasteiger partial charge on any atom is 0.256 e. The first-order valence-corrected chi connectivity index (χ1v) is 6.64. The Morgan fingerprint density at radius 1 is 1.24 bits per heavy atom. The lowest BCUT2D eigenvalue weighted by atomic mass is 10.2. The Morgan fingerprint density at radius 3 is 2.71 bits per heavy atom. The molecule has 1 aromatic heterocycles. The van der Waals surface area contributed by atoms with Gasteiger partial charge in [-0.2, -0.15) is 5.10 Å². The number of benzene rings is 2. The van der Waals surface area contributed by atoms with Gasteiger partial charge in [0.25, 0.3) is 5.91 Å². The number of fused-ring (bicyclic) bond motifs is 1. The molecular formula is C15H12ClN3O2. The molecule has 5 nitrogen and oxygen atoms in total. The first-order chi connectivity index (χ1) is 10.2. The fraction of sp³-hybridized carbons (Fsp3) is 0.0667. The first-order valence-electron chi connectivity index (χ1n) is 6.26. The van der Waals surface area contributed by atoms with Crippen LogP contribution in [-0.4, -0.2) is 23.2 Å². The molecule has 0 unspecified atom stereocenters. The molecule has 2 N–H and O–H groups in total. The van der Waals surface area contributed by atoms with Crippen molar-refractivity contribution in [2.45, 2.75) is 0 Å². The molecule has 0 aliphatic rings. The maximum absolute atomic E-state index is 12.2. The molecule has 0 radical (unpaired) electrons. The van der Waals surface area contributed by atoms with Crippen molar-refractivity contribution in [2.24, 2.45) is 0 Å². The lowest BCUT2D eigenvalue weighted by Crippen LogP contribution is -2.12. The summed E-state index contributed by atoms with van der Waals surface area (Å²) in [6.07, 6.45) is 0. The molecule has 3 aromatic rings. The van der Waals surface area contributed by atoms with Crippen LogP contribution in [0.4, 0.5) is 5.82 Å². The van der Waals surface area contributed by atoms with Crippen LogP contribution in [0.15, 0.2) is 42.5 Å². The van der Waals surface area contributed by atoms with E-state index in [0.717, 1.165) is 10.9 Å². The normalized spacial score (nSPS) is 10.6. The molecule has 3 rings (SSSR count). The number of methoxy groups -OCH3 is 1. The number of amides is 1. The van der Waals surface area contributed by atoms with Crippen molar-refractivity contribution < 1.29 is 9.53 Å². The number of nitrogens with zero attached hydrogens (tertiary/aromatic N) is 1. The second-order valence-electron chi connectivity index (χ2n) is 4.44. The molecule has 0 saturated carbocycles. The van der Waals surface area contributed by atoms with E-state index in [2.05, 4.69) is 15.5 Å². The van der Waals surface area contributed by atoms with Crippen LogP contribution in [0.1, 0.15) is 10.4 Å². The number of anilines is 1. The Labute approximate surface area is 125 Å². The van der Waals surface area contributed by atoms with Gasteiger partial charge in [-0.3, -0.25) is 9.89 Å². The van der Waals surface area contributed by atoms with E-state index in [0.29, 0.717) is 22.2 Å². The number of carbonyl (C=O) groups is 1. The van der Waals surface area contributed by atoms with Crippen molar-refractivity contribution in [1.29, 1.82) is 0 Å². The van der Waals surface area contributed by atoms with Crippen molar-refractivity contribution in [2.75, 3.05) is 12.4 Å². The van der Waals surface area contributed by atoms with Crippen LogP contribution < -0.4 is 10.1 Å². The van der Waals surface area contributed by atoms with Crippen LogP contribution in [0, 0.1) is 0 Å². The summed E-state index contributed by atoms with van der Waals surface area (Å²) in [5.41, 5.74) is 1.33. The van der Waals surface area contributed by atoms with Crippen molar-refractivity contribution in [3.05, 3.63) is 53.1 Å². The minimum atomic E-state index is -0.247. The predicted octanol–water partition coefficient (Wildman–Crippen LogP) is 3.48. The number of aromatic amines is 1. The lowest BCUT2D eigenvalue weighted by Gasteiger charge is -2.03. The minimum Gasteiger partial charge on any atom is -0.497 e. The van der Waals surface area contributed by atoms with Crippen LogP contribution in [0.25, 0.3) is 10.9 Å². The third-order valence-electron chi connectivity index (χ3n) is 3.11. The maximum atomic E-state index is 12.2. The average molecular weight is 302 g/mol. The smallest absolute Gasteiger partial charge is 0.256 e. The third kappa shape index (κ3) is 2.68. The molecule has 0 aliphatic heterocycles. The van der Waals surface area contributed by atoms with Crippen molar-refractivity contribution >= 4 is 34.2 Å². The molecule has 1 amide bonds. The van der Waals surface area contributed by atoms with Crippen molar-refractivity contribution in [3.63, 3.8) is 0 Å². The Morgan fingerprint density at radius 2 is 2.00 bits per heavy atom. The van der Waals surface area contributed by atoms with E-state index in [1.54, 1.807) is 31.4 Å². The number of hydrogen-bond donors (Lipinski definition) is 2. The number of rotatable bonds is 3. The summed E-state index contributed by atoms with van der Waals surface area (Å²) in [4.78, 5) is 12.2. The number of carbonyl (C=O) groups excluding carboxylic acids is 1. The molecule has 0 fully saturated rings. The van der Waals surface area contributed by atoms with Gasteiger partial charge in [-0.1, -0.05) is 11.6 Å². The summed E-state index contributed by atoms with van der Waals surface area (Å²) >= 11 is 5.81. The van der Waals surface area contributed by atoms with E-state index in [1.807, 2.05) is 18.2 Å². The van der Waals surface area contributed by atoms with Gasteiger partial charge in [0.05, 0.1) is 12.6 Å². The van der Waals surface area contributed by atoms with E-state index in [-0.39, 0.29) is 5.91 Å². The van der Waals surface area contributed by atoms with E-state index in [1.165, 1.54) is 0 Å².